The van der Waals surface area contributed by atoms with Crippen LogP contribution < -0.4 is 15.2 Å². The van der Waals surface area contributed by atoms with Crippen LogP contribution in [0.25, 0.3) is 0 Å². The zero-order valence-electron chi connectivity index (χ0n) is 11.0. The van der Waals surface area contributed by atoms with E-state index in [2.05, 4.69) is 4.72 Å². The van der Waals surface area contributed by atoms with Crippen molar-refractivity contribution < 1.29 is 13.2 Å². The van der Waals surface area contributed by atoms with Crippen molar-refractivity contribution in [3.63, 3.8) is 0 Å². The van der Waals surface area contributed by atoms with Gasteiger partial charge in [0.15, 0.2) is 0 Å². The zero-order valence-corrected chi connectivity index (χ0v) is 11.8. The standard InChI is InChI=1S/C11H19N3O3S/c1-8(2)14(3)18(15,16)13-9-5-6-10(12)11(7-9)17-4/h5-8,13H,12H2,1-4H3. The second-order valence-corrected chi connectivity index (χ2v) is 5.90. The van der Waals surface area contributed by atoms with E-state index in [0.29, 0.717) is 17.1 Å². The van der Waals surface area contributed by atoms with Gasteiger partial charge in [-0.1, -0.05) is 0 Å². The molecule has 0 aromatic heterocycles. The van der Waals surface area contributed by atoms with Crippen LogP contribution in [-0.2, 0) is 10.2 Å². The van der Waals surface area contributed by atoms with Crippen molar-refractivity contribution >= 4 is 21.6 Å². The molecule has 0 aliphatic carbocycles. The minimum Gasteiger partial charge on any atom is -0.495 e. The highest BCUT2D eigenvalue weighted by molar-refractivity contribution is 7.90. The number of nitrogen functional groups attached to an aromatic ring is 1. The van der Waals surface area contributed by atoms with Crippen LogP contribution in [0, 0.1) is 0 Å². The first-order chi connectivity index (χ1) is 8.27. The molecule has 0 fully saturated rings. The summed E-state index contributed by atoms with van der Waals surface area (Å²) in [5.74, 6) is 0.433. The Morgan fingerprint density at radius 1 is 1.39 bits per heavy atom. The summed E-state index contributed by atoms with van der Waals surface area (Å²) in [7, 11) is -0.572. The number of nitrogens with two attached hydrogens (primary N) is 1. The molecule has 1 aromatic carbocycles. The Kier molecular flexibility index (Phi) is 4.42. The number of hydrogen-bond acceptors (Lipinski definition) is 4. The zero-order chi connectivity index (χ0) is 13.9. The first kappa shape index (κ1) is 14.6. The molecule has 102 valence electrons. The van der Waals surface area contributed by atoms with Gasteiger partial charge in [-0.15, -0.1) is 0 Å². The largest absolute Gasteiger partial charge is 0.495 e. The van der Waals surface area contributed by atoms with Crippen molar-refractivity contribution in [1.29, 1.82) is 0 Å². The van der Waals surface area contributed by atoms with E-state index in [9.17, 15) is 8.42 Å². The maximum absolute atomic E-state index is 12.0. The first-order valence-corrected chi connectivity index (χ1v) is 6.91. The number of anilines is 2. The molecule has 0 aliphatic rings. The van der Waals surface area contributed by atoms with Gasteiger partial charge >= 0.3 is 10.2 Å². The fourth-order valence-electron chi connectivity index (χ4n) is 1.27. The highest BCUT2D eigenvalue weighted by atomic mass is 32.2. The second-order valence-electron chi connectivity index (χ2n) is 4.17. The Morgan fingerprint density at radius 3 is 2.50 bits per heavy atom. The van der Waals surface area contributed by atoms with Crippen molar-refractivity contribution in [3.8, 4) is 5.75 Å². The fraction of sp³-hybridized carbons (Fsp3) is 0.455. The van der Waals surface area contributed by atoms with Gasteiger partial charge in [0.25, 0.3) is 0 Å². The summed E-state index contributed by atoms with van der Waals surface area (Å²) in [5, 5.41) is 0. The van der Waals surface area contributed by atoms with Gasteiger partial charge < -0.3 is 10.5 Å². The van der Waals surface area contributed by atoms with Crippen LogP contribution in [0.15, 0.2) is 18.2 Å². The second kappa shape index (κ2) is 5.45. The quantitative estimate of drug-likeness (QED) is 0.791. The molecule has 3 N–H and O–H groups in total. The Morgan fingerprint density at radius 2 is 2.00 bits per heavy atom. The molecule has 0 unspecified atom stereocenters. The Labute approximate surface area is 108 Å². The van der Waals surface area contributed by atoms with Crippen LogP contribution in [0.2, 0.25) is 0 Å². The molecular formula is C11H19N3O3S. The van der Waals surface area contributed by atoms with Crippen LogP contribution in [0.3, 0.4) is 0 Å². The lowest BCUT2D eigenvalue weighted by atomic mass is 10.3. The summed E-state index contributed by atoms with van der Waals surface area (Å²) < 4.78 is 32.7. The van der Waals surface area contributed by atoms with Crippen molar-refractivity contribution in [2.24, 2.45) is 0 Å². The average molecular weight is 273 g/mol. The van der Waals surface area contributed by atoms with Gasteiger partial charge in [0, 0.05) is 19.2 Å². The lowest BCUT2D eigenvalue weighted by Gasteiger charge is -2.21. The Balaban J connectivity index is 2.98. The molecule has 18 heavy (non-hydrogen) atoms. The highest BCUT2D eigenvalue weighted by Crippen LogP contribution is 2.25. The topological polar surface area (TPSA) is 84.7 Å². The van der Waals surface area contributed by atoms with Crippen LogP contribution in [-0.4, -0.2) is 32.9 Å². The summed E-state index contributed by atoms with van der Waals surface area (Å²) in [6.45, 7) is 3.59. The maximum Gasteiger partial charge on any atom is 0.301 e. The molecule has 0 spiro atoms. The van der Waals surface area contributed by atoms with Crippen LogP contribution in [0.4, 0.5) is 11.4 Å². The molecule has 1 aromatic rings. The number of nitrogens with one attached hydrogen (secondary N) is 1. The lowest BCUT2D eigenvalue weighted by molar-refractivity contribution is 0.413. The van der Waals surface area contributed by atoms with Crippen LogP contribution in [0.1, 0.15) is 13.8 Å². The van der Waals surface area contributed by atoms with Gasteiger partial charge in [-0.25, -0.2) is 0 Å². The molecule has 0 bridgehead atoms. The van der Waals surface area contributed by atoms with E-state index >= 15 is 0 Å². The third-order valence-corrected chi connectivity index (χ3v) is 4.26. The third kappa shape index (κ3) is 3.27. The van der Waals surface area contributed by atoms with Crippen LogP contribution >= 0.6 is 0 Å². The molecule has 1 rings (SSSR count). The number of rotatable bonds is 5. The highest BCUT2D eigenvalue weighted by Gasteiger charge is 2.20. The summed E-state index contributed by atoms with van der Waals surface area (Å²) in [6.07, 6.45) is 0. The third-order valence-electron chi connectivity index (χ3n) is 2.59. The summed E-state index contributed by atoms with van der Waals surface area (Å²) >= 11 is 0. The molecule has 0 aliphatic heterocycles. The van der Waals surface area contributed by atoms with Crippen molar-refractivity contribution in [1.82, 2.24) is 4.31 Å². The summed E-state index contributed by atoms with van der Waals surface area (Å²) in [4.78, 5) is 0. The van der Waals surface area contributed by atoms with E-state index in [-0.39, 0.29) is 6.04 Å². The first-order valence-electron chi connectivity index (χ1n) is 5.47. The Hall–Kier alpha value is -1.47. The van der Waals surface area contributed by atoms with Gasteiger partial charge in [0.1, 0.15) is 5.75 Å². The maximum atomic E-state index is 12.0. The van der Waals surface area contributed by atoms with Crippen molar-refractivity contribution in [2.75, 3.05) is 24.6 Å². The van der Waals surface area contributed by atoms with Gasteiger partial charge in [0.2, 0.25) is 0 Å². The predicted molar refractivity (Wildman–Crippen MR) is 72.8 cm³/mol. The number of hydrogen-bond donors (Lipinski definition) is 2. The lowest BCUT2D eigenvalue weighted by Crippen LogP contribution is -2.37. The van der Waals surface area contributed by atoms with Gasteiger partial charge in [0.05, 0.1) is 18.5 Å². The van der Waals surface area contributed by atoms with Crippen molar-refractivity contribution in [2.45, 2.75) is 19.9 Å². The predicted octanol–water partition coefficient (Wildman–Crippen LogP) is 1.27. The smallest absolute Gasteiger partial charge is 0.301 e. The van der Waals surface area contributed by atoms with E-state index in [1.807, 2.05) is 0 Å². The fourth-order valence-corrected chi connectivity index (χ4v) is 2.40. The summed E-state index contributed by atoms with van der Waals surface area (Å²) in [5.41, 5.74) is 6.53. The van der Waals surface area contributed by atoms with Gasteiger partial charge in [-0.3, -0.25) is 4.72 Å². The number of methoxy groups -OCH3 is 1. The molecule has 0 amide bonds. The number of benzene rings is 1. The molecule has 6 nitrogen and oxygen atoms in total. The van der Waals surface area contributed by atoms with E-state index in [1.54, 1.807) is 32.0 Å². The van der Waals surface area contributed by atoms with Gasteiger partial charge in [-0.05, 0) is 26.0 Å². The molecule has 0 heterocycles. The van der Waals surface area contributed by atoms with Crippen LogP contribution in [0.5, 0.6) is 5.75 Å². The normalized spacial score (nSPS) is 11.9. The molecule has 0 saturated carbocycles. The monoisotopic (exact) mass is 273 g/mol. The SMILES string of the molecule is COc1cc(NS(=O)(=O)N(C)C(C)C)ccc1N. The molecule has 7 heteroatoms. The minimum absolute atomic E-state index is 0.127. The van der Waals surface area contributed by atoms with E-state index in [1.165, 1.54) is 18.5 Å². The number of ether oxygens (including phenoxy) is 1. The summed E-state index contributed by atoms with van der Waals surface area (Å²) in [6, 6.07) is 4.59. The molecule has 0 atom stereocenters. The van der Waals surface area contributed by atoms with Crippen molar-refractivity contribution in [3.05, 3.63) is 18.2 Å². The molecule has 0 radical (unpaired) electrons. The average Bonchev–Trinajstić information content (AvgIpc) is 2.30. The molecular weight excluding hydrogens is 254 g/mol. The van der Waals surface area contributed by atoms with E-state index < -0.39 is 10.2 Å². The van der Waals surface area contributed by atoms with E-state index in [4.69, 9.17) is 10.5 Å². The molecule has 0 saturated heterocycles. The Bertz CT molecular complexity index is 514. The minimum atomic E-state index is -3.56. The number of nitrogens with zero attached hydrogens (tertiary/aromatic N) is 1. The van der Waals surface area contributed by atoms with Gasteiger partial charge in [-0.2, -0.15) is 12.7 Å². The van der Waals surface area contributed by atoms with E-state index in [0.717, 1.165) is 0 Å².